The zero-order valence-corrected chi connectivity index (χ0v) is 10.8. The van der Waals surface area contributed by atoms with E-state index in [2.05, 4.69) is 41.8 Å². The number of urea groups is 1. The van der Waals surface area contributed by atoms with Crippen molar-refractivity contribution in [2.24, 2.45) is 0 Å². The fourth-order valence-electron chi connectivity index (χ4n) is 2.34. The van der Waals surface area contributed by atoms with E-state index in [1.807, 2.05) is 0 Å². The molecule has 2 aliphatic rings. The minimum atomic E-state index is -0.00381. The van der Waals surface area contributed by atoms with Gasteiger partial charge in [0.1, 0.15) is 0 Å². The van der Waals surface area contributed by atoms with E-state index in [9.17, 15) is 4.79 Å². The van der Waals surface area contributed by atoms with Gasteiger partial charge in [-0.05, 0) is 38.2 Å². The predicted molar refractivity (Wildman–Crippen MR) is 71.6 cm³/mol. The van der Waals surface area contributed by atoms with Crippen molar-refractivity contribution in [3.8, 4) is 0 Å². The van der Waals surface area contributed by atoms with Crippen molar-refractivity contribution in [1.82, 2.24) is 10.6 Å². The number of benzene rings is 1. The average molecular weight is 244 g/mol. The Kier molecular flexibility index (Phi) is 2.77. The molecular formula is C15H20N2O. The quantitative estimate of drug-likeness (QED) is 0.839. The van der Waals surface area contributed by atoms with E-state index in [1.54, 1.807) is 0 Å². The molecule has 0 aliphatic heterocycles. The first-order valence-electron chi connectivity index (χ1n) is 6.79. The lowest BCUT2D eigenvalue weighted by atomic mass is 9.95. The van der Waals surface area contributed by atoms with Crippen LogP contribution in [-0.2, 0) is 5.41 Å². The second-order valence-corrected chi connectivity index (χ2v) is 5.75. The van der Waals surface area contributed by atoms with E-state index in [0.717, 1.165) is 19.4 Å². The number of amides is 2. The van der Waals surface area contributed by atoms with Gasteiger partial charge in [0.05, 0.1) is 0 Å². The van der Waals surface area contributed by atoms with Gasteiger partial charge in [0.15, 0.2) is 0 Å². The van der Waals surface area contributed by atoms with Crippen molar-refractivity contribution in [3.05, 3.63) is 35.4 Å². The highest BCUT2D eigenvalue weighted by Gasteiger charge is 2.44. The molecule has 2 amide bonds. The molecular weight excluding hydrogens is 224 g/mol. The van der Waals surface area contributed by atoms with Crippen molar-refractivity contribution in [2.75, 3.05) is 6.54 Å². The molecule has 0 aromatic heterocycles. The first kappa shape index (κ1) is 11.6. The standard InChI is InChI=1S/C15H20N2O/c1-11-2-4-12(5-3-11)15(8-9-15)10-16-14(18)17-13-6-7-13/h2-5,13H,6-10H2,1H3,(H2,16,17,18). The van der Waals surface area contributed by atoms with Crippen molar-refractivity contribution >= 4 is 6.03 Å². The third kappa shape index (κ3) is 2.50. The summed E-state index contributed by atoms with van der Waals surface area (Å²) in [5.74, 6) is 0. The lowest BCUT2D eigenvalue weighted by molar-refractivity contribution is 0.239. The number of carbonyl (C=O) groups is 1. The van der Waals surface area contributed by atoms with Crippen molar-refractivity contribution in [3.63, 3.8) is 0 Å². The number of aryl methyl sites for hydroxylation is 1. The summed E-state index contributed by atoms with van der Waals surface area (Å²) < 4.78 is 0. The van der Waals surface area contributed by atoms with E-state index in [1.165, 1.54) is 24.0 Å². The minimum absolute atomic E-state index is 0.00381. The summed E-state index contributed by atoms with van der Waals surface area (Å²) in [6.07, 6.45) is 4.63. The van der Waals surface area contributed by atoms with E-state index in [0.29, 0.717) is 6.04 Å². The van der Waals surface area contributed by atoms with Gasteiger partial charge in [-0.15, -0.1) is 0 Å². The maximum atomic E-state index is 11.6. The van der Waals surface area contributed by atoms with Gasteiger partial charge in [-0.1, -0.05) is 29.8 Å². The van der Waals surface area contributed by atoms with E-state index in [-0.39, 0.29) is 11.4 Å². The van der Waals surface area contributed by atoms with Gasteiger partial charge in [0.2, 0.25) is 0 Å². The molecule has 2 N–H and O–H groups in total. The van der Waals surface area contributed by atoms with Crippen LogP contribution < -0.4 is 10.6 Å². The molecule has 2 aliphatic carbocycles. The second kappa shape index (κ2) is 4.30. The fourth-order valence-corrected chi connectivity index (χ4v) is 2.34. The topological polar surface area (TPSA) is 41.1 Å². The lowest BCUT2D eigenvalue weighted by Gasteiger charge is -2.17. The lowest BCUT2D eigenvalue weighted by Crippen LogP contribution is -2.40. The summed E-state index contributed by atoms with van der Waals surface area (Å²) >= 11 is 0. The van der Waals surface area contributed by atoms with Crippen LogP contribution in [0, 0.1) is 6.92 Å². The molecule has 1 aromatic carbocycles. The summed E-state index contributed by atoms with van der Waals surface area (Å²) in [5.41, 5.74) is 2.85. The SMILES string of the molecule is Cc1ccc(C2(CNC(=O)NC3CC3)CC2)cc1. The number of nitrogens with one attached hydrogen (secondary N) is 2. The number of hydrogen-bond acceptors (Lipinski definition) is 1. The third-order valence-corrected chi connectivity index (χ3v) is 4.02. The third-order valence-electron chi connectivity index (χ3n) is 4.02. The van der Waals surface area contributed by atoms with Crippen LogP contribution in [0.1, 0.15) is 36.8 Å². The monoisotopic (exact) mass is 244 g/mol. The van der Waals surface area contributed by atoms with Gasteiger partial charge in [-0.2, -0.15) is 0 Å². The molecule has 0 atom stereocenters. The van der Waals surface area contributed by atoms with Crippen LogP contribution in [0.2, 0.25) is 0 Å². The Morgan fingerprint density at radius 3 is 2.50 bits per heavy atom. The highest BCUT2D eigenvalue weighted by molar-refractivity contribution is 5.74. The minimum Gasteiger partial charge on any atom is -0.337 e. The van der Waals surface area contributed by atoms with Gasteiger partial charge in [0.25, 0.3) is 0 Å². The van der Waals surface area contributed by atoms with Crippen molar-refractivity contribution < 1.29 is 4.79 Å². The largest absolute Gasteiger partial charge is 0.337 e. The molecule has 0 saturated heterocycles. The first-order valence-corrected chi connectivity index (χ1v) is 6.79. The highest BCUT2D eigenvalue weighted by Crippen LogP contribution is 2.47. The molecule has 0 radical (unpaired) electrons. The summed E-state index contributed by atoms with van der Waals surface area (Å²) in [6.45, 7) is 2.86. The van der Waals surface area contributed by atoms with E-state index >= 15 is 0 Å². The van der Waals surface area contributed by atoms with Crippen LogP contribution in [0.5, 0.6) is 0 Å². The molecule has 2 saturated carbocycles. The summed E-state index contributed by atoms with van der Waals surface area (Å²) in [7, 11) is 0. The molecule has 0 heterocycles. The van der Waals surface area contributed by atoms with Crippen LogP contribution in [0.4, 0.5) is 4.79 Å². The van der Waals surface area contributed by atoms with Crippen molar-refractivity contribution in [2.45, 2.75) is 44.1 Å². The normalized spacial score (nSPS) is 20.3. The first-order chi connectivity index (χ1) is 8.68. The smallest absolute Gasteiger partial charge is 0.315 e. The predicted octanol–water partition coefficient (Wildman–Crippen LogP) is 2.49. The zero-order valence-electron chi connectivity index (χ0n) is 10.8. The van der Waals surface area contributed by atoms with Gasteiger partial charge in [-0.3, -0.25) is 0 Å². The van der Waals surface area contributed by atoms with E-state index in [4.69, 9.17) is 0 Å². The Labute approximate surface area is 108 Å². The van der Waals surface area contributed by atoms with Gasteiger partial charge < -0.3 is 10.6 Å². The number of rotatable bonds is 4. The molecule has 3 nitrogen and oxygen atoms in total. The maximum absolute atomic E-state index is 11.6. The van der Waals surface area contributed by atoms with Crippen LogP contribution in [0.25, 0.3) is 0 Å². The molecule has 96 valence electrons. The number of hydrogen-bond donors (Lipinski definition) is 2. The highest BCUT2D eigenvalue weighted by atomic mass is 16.2. The molecule has 0 unspecified atom stereocenters. The Balaban J connectivity index is 1.57. The zero-order chi connectivity index (χ0) is 12.6. The average Bonchev–Trinajstić information content (AvgIpc) is 3.23. The second-order valence-electron chi connectivity index (χ2n) is 5.75. The molecule has 3 rings (SSSR count). The summed E-state index contributed by atoms with van der Waals surface area (Å²) in [6, 6.07) is 9.13. The van der Waals surface area contributed by atoms with Crippen LogP contribution in [0.15, 0.2) is 24.3 Å². The van der Waals surface area contributed by atoms with E-state index < -0.39 is 0 Å². The van der Waals surface area contributed by atoms with Gasteiger partial charge >= 0.3 is 6.03 Å². The van der Waals surface area contributed by atoms with Crippen LogP contribution in [0.3, 0.4) is 0 Å². The summed E-state index contributed by atoms with van der Waals surface area (Å²) in [4.78, 5) is 11.6. The fraction of sp³-hybridized carbons (Fsp3) is 0.533. The Morgan fingerprint density at radius 1 is 1.28 bits per heavy atom. The molecule has 0 spiro atoms. The molecule has 3 heteroatoms. The Morgan fingerprint density at radius 2 is 1.94 bits per heavy atom. The Bertz CT molecular complexity index is 444. The molecule has 0 bridgehead atoms. The maximum Gasteiger partial charge on any atom is 0.315 e. The van der Waals surface area contributed by atoms with Crippen LogP contribution in [-0.4, -0.2) is 18.6 Å². The Hall–Kier alpha value is -1.51. The molecule has 2 fully saturated rings. The molecule has 18 heavy (non-hydrogen) atoms. The number of carbonyl (C=O) groups excluding carboxylic acids is 1. The molecule has 1 aromatic rings. The van der Waals surface area contributed by atoms with Crippen molar-refractivity contribution in [1.29, 1.82) is 0 Å². The van der Waals surface area contributed by atoms with Gasteiger partial charge in [0, 0.05) is 18.0 Å². The summed E-state index contributed by atoms with van der Waals surface area (Å²) in [5, 5.41) is 5.98. The van der Waals surface area contributed by atoms with Gasteiger partial charge in [-0.25, -0.2) is 4.79 Å². The van der Waals surface area contributed by atoms with Crippen LogP contribution >= 0.6 is 0 Å².